The van der Waals surface area contributed by atoms with Gasteiger partial charge in [-0.25, -0.2) is 0 Å². The maximum atomic E-state index is 8.91. The highest BCUT2D eigenvalue weighted by Gasteiger charge is 2.52. The average Bonchev–Trinajstić information content (AvgIpc) is 2.48. The zero-order valence-corrected chi connectivity index (χ0v) is 12.5. The van der Waals surface area contributed by atoms with Crippen LogP contribution in [0.4, 0.5) is 0 Å². The minimum atomic E-state index is -0.555. The van der Waals surface area contributed by atoms with Crippen molar-refractivity contribution < 1.29 is 14.4 Å². The Balaban J connectivity index is 2.25. The van der Waals surface area contributed by atoms with Crippen LogP contribution in [-0.4, -0.2) is 35.0 Å². The smallest absolute Gasteiger partial charge is 0.398 e. The Labute approximate surface area is 119 Å². The van der Waals surface area contributed by atoms with Gasteiger partial charge in [-0.05, 0) is 45.7 Å². The van der Waals surface area contributed by atoms with E-state index in [0.717, 1.165) is 5.56 Å². The predicted molar refractivity (Wildman–Crippen MR) is 75.8 cm³/mol. The summed E-state index contributed by atoms with van der Waals surface area (Å²) in [6.07, 6.45) is 2.23. The lowest BCUT2D eigenvalue weighted by Crippen LogP contribution is -2.41. The first-order valence-electron chi connectivity index (χ1n) is 6.37. The van der Waals surface area contributed by atoms with Crippen LogP contribution in [0.5, 0.6) is 0 Å². The van der Waals surface area contributed by atoms with Crippen LogP contribution in [0, 0.1) is 0 Å². The molecule has 1 fully saturated rings. The zero-order valence-electron chi connectivity index (χ0n) is 11.7. The van der Waals surface area contributed by atoms with Crippen molar-refractivity contribution in [3.63, 3.8) is 0 Å². The van der Waals surface area contributed by atoms with Crippen LogP contribution in [0.15, 0.2) is 12.3 Å². The lowest BCUT2D eigenvalue weighted by atomic mass is 9.84. The number of hydrogen-bond acceptors (Lipinski definition) is 4. The van der Waals surface area contributed by atoms with Gasteiger partial charge in [-0.3, -0.25) is 4.98 Å². The number of hydrogen-bond donors (Lipinski definition) is 1. The van der Waals surface area contributed by atoms with E-state index in [9.17, 15) is 0 Å². The molecule has 0 saturated carbocycles. The third kappa shape index (κ3) is 2.79. The SMILES string of the molecule is CC1(C)OB(c2ncc(CCO)cc2Cl)OC1(C)C. The third-order valence-electron chi connectivity index (χ3n) is 3.80. The van der Waals surface area contributed by atoms with E-state index in [1.165, 1.54) is 0 Å². The molecule has 0 radical (unpaired) electrons. The molecule has 0 amide bonds. The van der Waals surface area contributed by atoms with E-state index in [1.54, 1.807) is 12.3 Å². The number of halogens is 1. The van der Waals surface area contributed by atoms with E-state index >= 15 is 0 Å². The molecule has 0 bridgehead atoms. The van der Waals surface area contributed by atoms with Gasteiger partial charge in [0.05, 0.1) is 21.8 Å². The van der Waals surface area contributed by atoms with E-state index in [4.69, 9.17) is 26.0 Å². The van der Waals surface area contributed by atoms with Gasteiger partial charge >= 0.3 is 7.12 Å². The Bertz CT molecular complexity index is 463. The van der Waals surface area contributed by atoms with Gasteiger partial charge in [0, 0.05) is 12.8 Å². The van der Waals surface area contributed by atoms with Crippen LogP contribution in [0.2, 0.25) is 5.02 Å². The summed E-state index contributed by atoms with van der Waals surface area (Å²) in [6.45, 7) is 8.03. The number of rotatable bonds is 3. The number of aromatic nitrogens is 1. The number of aliphatic hydroxyl groups excluding tert-OH is 1. The van der Waals surface area contributed by atoms with Crippen LogP contribution in [0.1, 0.15) is 33.3 Å². The van der Waals surface area contributed by atoms with Crippen LogP contribution in [0.3, 0.4) is 0 Å². The highest BCUT2D eigenvalue weighted by atomic mass is 35.5. The first-order valence-corrected chi connectivity index (χ1v) is 6.75. The minimum Gasteiger partial charge on any atom is -0.398 e. The van der Waals surface area contributed by atoms with Gasteiger partial charge < -0.3 is 14.4 Å². The second-order valence-electron chi connectivity index (χ2n) is 5.77. The molecule has 2 rings (SSSR count). The monoisotopic (exact) mass is 283 g/mol. The van der Waals surface area contributed by atoms with Crippen molar-refractivity contribution in [1.82, 2.24) is 4.98 Å². The van der Waals surface area contributed by atoms with E-state index in [-0.39, 0.29) is 6.61 Å². The molecule has 2 heterocycles. The maximum Gasteiger partial charge on any atom is 0.516 e. The van der Waals surface area contributed by atoms with Gasteiger partial charge in [0.1, 0.15) is 0 Å². The molecule has 0 aliphatic carbocycles. The Hall–Kier alpha value is -0.615. The maximum absolute atomic E-state index is 8.91. The quantitative estimate of drug-likeness (QED) is 0.856. The van der Waals surface area contributed by atoms with Crippen LogP contribution in [0.25, 0.3) is 0 Å². The number of pyridine rings is 1. The third-order valence-corrected chi connectivity index (χ3v) is 4.11. The molecule has 6 heteroatoms. The largest absolute Gasteiger partial charge is 0.516 e. The fourth-order valence-electron chi connectivity index (χ4n) is 1.88. The van der Waals surface area contributed by atoms with Gasteiger partial charge in [0.2, 0.25) is 0 Å². The average molecular weight is 284 g/mol. The standard InChI is InChI=1S/C13H19BClNO3/c1-12(2)13(3,4)19-14(18-12)11-10(15)7-9(5-6-17)8-16-11/h7-8,17H,5-6H2,1-4H3. The molecular weight excluding hydrogens is 264 g/mol. The molecule has 0 aromatic carbocycles. The predicted octanol–water partition coefficient (Wildman–Crippen LogP) is 1.57. The molecule has 1 saturated heterocycles. The second kappa shape index (κ2) is 5.06. The van der Waals surface area contributed by atoms with Crippen molar-refractivity contribution in [3.8, 4) is 0 Å². The fraction of sp³-hybridized carbons (Fsp3) is 0.615. The lowest BCUT2D eigenvalue weighted by Gasteiger charge is -2.32. The molecular formula is C13H19BClNO3. The Kier molecular flexibility index (Phi) is 3.93. The summed E-state index contributed by atoms with van der Waals surface area (Å²) in [7, 11) is -0.555. The molecule has 0 atom stereocenters. The number of aliphatic hydroxyl groups is 1. The molecule has 1 aromatic rings. The highest BCUT2D eigenvalue weighted by molar-refractivity contribution is 6.64. The summed E-state index contributed by atoms with van der Waals surface area (Å²) in [6, 6.07) is 1.80. The Morgan fingerprint density at radius 2 is 1.84 bits per heavy atom. The van der Waals surface area contributed by atoms with Gasteiger partial charge in [-0.2, -0.15) is 0 Å². The summed E-state index contributed by atoms with van der Waals surface area (Å²) in [5.41, 5.74) is 0.661. The van der Waals surface area contributed by atoms with E-state index in [0.29, 0.717) is 17.0 Å². The van der Waals surface area contributed by atoms with Gasteiger partial charge in [0.25, 0.3) is 0 Å². The normalized spacial score (nSPS) is 20.8. The summed E-state index contributed by atoms with van der Waals surface area (Å²) in [5, 5.41) is 9.41. The van der Waals surface area contributed by atoms with Crippen LogP contribution >= 0.6 is 11.6 Å². The molecule has 19 heavy (non-hydrogen) atoms. The van der Waals surface area contributed by atoms with E-state index in [2.05, 4.69) is 4.98 Å². The molecule has 1 aliphatic rings. The van der Waals surface area contributed by atoms with E-state index < -0.39 is 18.3 Å². The lowest BCUT2D eigenvalue weighted by molar-refractivity contribution is 0.00578. The highest BCUT2D eigenvalue weighted by Crippen LogP contribution is 2.36. The molecule has 104 valence electrons. The van der Waals surface area contributed by atoms with Crippen molar-refractivity contribution in [1.29, 1.82) is 0 Å². The fourth-order valence-corrected chi connectivity index (χ4v) is 2.16. The minimum absolute atomic E-state index is 0.0772. The van der Waals surface area contributed by atoms with Crippen molar-refractivity contribution in [2.75, 3.05) is 6.61 Å². The van der Waals surface area contributed by atoms with Crippen LogP contribution < -0.4 is 5.59 Å². The second-order valence-corrected chi connectivity index (χ2v) is 6.18. The van der Waals surface area contributed by atoms with E-state index in [1.807, 2.05) is 27.7 Å². The van der Waals surface area contributed by atoms with Crippen LogP contribution in [-0.2, 0) is 15.7 Å². The summed E-state index contributed by atoms with van der Waals surface area (Å²) in [5.74, 6) is 0. The van der Waals surface area contributed by atoms with Gasteiger partial charge in [-0.15, -0.1) is 0 Å². The van der Waals surface area contributed by atoms with Crippen molar-refractivity contribution in [2.24, 2.45) is 0 Å². The van der Waals surface area contributed by atoms with Gasteiger partial charge in [0.15, 0.2) is 0 Å². The Morgan fingerprint density at radius 3 is 2.32 bits per heavy atom. The molecule has 0 unspecified atom stereocenters. The van der Waals surface area contributed by atoms with Crippen molar-refractivity contribution >= 4 is 24.3 Å². The molecule has 4 nitrogen and oxygen atoms in total. The first-order chi connectivity index (χ1) is 8.77. The van der Waals surface area contributed by atoms with Crippen molar-refractivity contribution in [2.45, 2.75) is 45.3 Å². The molecule has 1 aromatic heterocycles. The zero-order chi connectivity index (χ0) is 14.3. The topological polar surface area (TPSA) is 51.6 Å². The van der Waals surface area contributed by atoms with Gasteiger partial charge in [-0.1, -0.05) is 11.6 Å². The summed E-state index contributed by atoms with van der Waals surface area (Å²) >= 11 is 6.23. The molecule has 0 spiro atoms. The molecule has 1 N–H and O–H groups in total. The first kappa shape index (κ1) is 14.8. The van der Waals surface area contributed by atoms with Crippen molar-refractivity contribution in [3.05, 3.63) is 22.8 Å². The summed E-state index contributed by atoms with van der Waals surface area (Å²) < 4.78 is 11.8. The Morgan fingerprint density at radius 1 is 1.26 bits per heavy atom. The number of nitrogens with zero attached hydrogens (tertiary/aromatic N) is 1. The summed E-state index contributed by atoms with van der Waals surface area (Å²) in [4.78, 5) is 4.32. The molecule has 1 aliphatic heterocycles.